The van der Waals surface area contributed by atoms with Gasteiger partial charge < -0.3 is 0 Å². The van der Waals surface area contributed by atoms with Crippen molar-refractivity contribution < 1.29 is 0 Å². The standard InChI is InChI=1S/C10H8Cl2N2/c11-7-2-3-9(12)8(6-7)10-13-4-1-5-14-10/h2-6,10H,1H2. The molecule has 72 valence electrons. The van der Waals surface area contributed by atoms with Crippen molar-refractivity contribution in [2.45, 2.75) is 12.6 Å². The minimum Gasteiger partial charge on any atom is -0.266 e. The van der Waals surface area contributed by atoms with Crippen molar-refractivity contribution in [3.05, 3.63) is 33.8 Å². The van der Waals surface area contributed by atoms with E-state index in [1.165, 1.54) is 0 Å². The molecule has 1 heterocycles. The second-order valence-electron chi connectivity index (χ2n) is 2.94. The predicted octanol–water partition coefficient (Wildman–Crippen LogP) is 3.54. The fourth-order valence-electron chi connectivity index (χ4n) is 1.28. The molecule has 0 atom stereocenters. The summed E-state index contributed by atoms with van der Waals surface area (Å²) in [6.07, 6.45) is 4.22. The van der Waals surface area contributed by atoms with Crippen LogP contribution in [0.25, 0.3) is 0 Å². The Hall–Kier alpha value is -0.860. The molecule has 1 aliphatic heterocycles. The van der Waals surface area contributed by atoms with Crippen LogP contribution in [0.3, 0.4) is 0 Å². The van der Waals surface area contributed by atoms with E-state index >= 15 is 0 Å². The van der Waals surface area contributed by atoms with E-state index in [1.54, 1.807) is 18.2 Å². The minimum atomic E-state index is -0.227. The summed E-state index contributed by atoms with van der Waals surface area (Å²) in [4.78, 5) is 8.47. The summed E-state index contributed by atoms with van der Waals surface area (Å²) in [6.45, 7) is 0. The molecule has 1 aliphatic rings. The van der Waals surface area contributed by atoms with Gasteiger partial charge in [-0.25, -0.2) is 0 Å². The second kappa shape index (κ2) is 4.11. The average molecular weight is 227 g/mol. The maximum absolute atomic E-state index is 6.02. The molecule has 2 nitrogen and oxygen atoms in total. The maximum Gasteiger partial charge on any atom is 0.165 e. The van der Waals surface area contributed by atoms with Crippen LogP contribution in [0.4, 0.5) is 0 Å². The van der Waals surface area contributed by atoms with E-state index in [0.29, 0.717) is 10.0 Å². The van der Waals surface area contributed by atoms with Gasteiger partial charge in [-0.2, -0.15) is 0 Å². The molecule has 4 heteroatoms. The Balaban J connectivity index is 2.39. The smallest absolute Gasteiger partial charge is 0.165 e. The van der Waals surface area contributed by atoms with Crippen LogP contribution in [-0.4, -0.2) is 12.4 Å². The van der Waals surface area contributed by atoms with Crippen LogP contribution in [0.2, 0.25) is 10.0 Å². The minimum absolute atomic E-state index is 0.227. The van der Waals surface area contributed by atoms with Crippen LogP contribution < -0.4 is 0 Å². The van der Waals surface area contributed by atoms with Crippen LogP contribution in [0.5, 0.6) is 0 Å². The molecule has 14 heavy (non-hydrogen) atoms. The highest BCUT2D eigenvalue weighted by atomic mass is 35.5. The van der Waals surface area contributed by atoms with E-state index < -0.39 is 0 Å². The van der Waals surface area contributed by atoms with Gasteiger partial charge in [-0.1, -0.05) is 23.2 Å². The molecule has 0 radical (unpaired) electrons. The van der Waals surface area contributed by atoms with Gasteiger partial charge in [0.05, 0.1) is 0 Å². The second-order valence-corrected chi connectivity index (χ2v) is 3.78. The van der Waals surface area contributed by atoms with Gasteiger partial charge in [0.1, 0.15) is 0 Å². The van der Waals surface area contributed by atoms with Crippen molar-refractivity contribution in [1.82, 2.24) is 0 Å². The first kappa shape index (κ1) is 9.69. The van der Waals surface area contributed by atoms with E-state index in [4.69, 9.17) is 23.2 Å². The van der Waals surface area contributed by atoms with Gasteiger partial charge >= 0.3 is 0 Å². The number of nitrogens with zero attached hydrogens (tertiary/aromatic N) is 2. The Morgan fingerprint density at radius 1 is 1.14 bits per heavy atom. The normalized spacial score (nSPS) is 16.1. The lowest BCUT2D eigenvalue weighted by molar-refractivity contribution is 0.776. The number of halogens is 2. The number of benzene rings is 1. The third-order valence-electron chi connectivity index (χ3n) is 1.94. The Kier molecular flexibility index (Phi) is 2.85. The molecule has 0 fully saturated rings. The number of hydrogen-bond acceptors (Lipinski definition) is 2. The molecule has 1 aromatic carbocycles. The lowest BCUT2D eigenvalue weighted by Crippen LogP contribution is -1.99. The third-order valence-corrected chi connectivity index (χ3v) is 2.52. The lowest BCUT2D eigenvalue weighted by atomic mass is 10.1. The molecule has 0 aliphatic carbocycles. The summed E-state index contributed by atoms with van der Waals surface area (Å²) < 4.78 is 0. The van der Waals surface area contributed by atoms with Gasteiger partial charge in [0, 0.05) is 34.5 Å². The van der Waals surface area contributed by atoms with Crippen LogP contribution >= 0.6 is 23.2 Å². The zero-order chi connectivity index (χ0) is 9.97. The summed E-state index contributed by atoms with van der Waals surface area (Å²) in [5, 5.41) is 1.30. The zero-order valence-corrected chi connectivity index (χ0v) is 8.83. The molecule has 0 saturated carbocycles. The fourth-order valence-corrected chi connectivity index (χ4v) is 1.68. The van der Waals surface area contributed by atoms with Gasteiger partial charge in [0.15, 0.2) is 6.17 Å². The Labute approximate surface area is 92.3 Å². The Morgan fingerprint density at radius 3 is 2.57 bits per heavy atom. The molecule has 0 amide bonds. The molecule has 0 aromatic heterocycles. The topological polar surface area (TPSA) is 24.7 Å². The lowest BCUT2D eigenvalue weighted by Gasteiger charge is -2.12. The average Bonchev–Trinajstić information content (AvgIpc) is 2.23. The van der Waals surface area contributed by atoms with Crippen molar-refractivity contribution in [1.29, 1.82) is 0 Å². The highest BCUT2D eigenvalue weighted by Crippen LogP contribution is 2.29. The summed E-state index contributed by atoms with van der Waals surface area (Å²) in [5.41, 5.74) is 0.853. The number of rotatable bonds is 1. The Bertz CT molecular complexity index is 387. The van der Waals surface area contributed by atoms with E-state index in [2.05, 4.69) is 9.98 Å². The van der Waals surface area contributed by atoms with Gasteiger partial charge in [-0.05, 0) is 18.2 Å². The molecule has 2 rings (SSSR count). The van der Waals surface area contributed by atoms with Crippen LogP contribution in [-0.2, 0) is 0 Å². The SMILES string of the molecule is Clc1ccc(Cl)c(C2N=CCC=N2)c1. The molecule has 0 N–H and O–H groups in total. The van der Waals surface area contributed by atoms with Crippen molar-refractivity contribution >= 4 is 35.6 Å². The van der Waals surface area contributed by atoms with Gasteiger partial charge in [0.25, 0.3) is 0 Å². The summed E-state index contributed by atoms with van der Waals surface area (Å²) >= 11 is 11.9. The largest absolute Gasteiger partial charge is 0.266 e. The monoisotopic (exact) mass is 226 g/mol. The number of hydrogen-bond donors (Lipinski definition) is 0. The molecular formula is C10H8Cl2N2. The predicted molar refractivity (Wildman–Crippen MR) is 60.8 cm³/mol. The molecular weight excluding hydrogens is 219 g/mol. The fraction of sp³-hybridized carbons (Fsp3) is 0.200. The van der Waals surface area contributed by atoms with E-state index in [-0.39, 0.29) is 6.17 Å². The highest BCUT2D eigenvalue weighted by Gasteiger charge is 2.12. The van der Waals surface area contributed by atoms with E-state index in [0.717, 1.165) is 12.0 Å². The van der Waals surface area contributed by atoms with Gasteiger partial charge in [-0.3, -0.25) is 9.98 Å². The Morgan fingerprint density at radius 2 is 1.86 bits per heavy atom. The summed E-state index contributed by atoms with van der Waals surface area (Å²) in [7, 11) is 0. The zero-order valence-electron chi connectivity index (χ0n) is 7.32. The molecule has 0 bridgehead atoms. The van der Waals surface area contributed by atoms with E-state index in [9.17, 15) is 0 Å². The summed E-state index contributed by atoms with van der Waals surface area (Å²) in [6, 6.07) is 5.32. The highest BCUT2D eigenvalue weighted by molar-refractivity contribution is 6.33. The maximum atomic E-state index is 6.02. The third kappa shape index (κ3) is 1.97. The molecule has 0 unspecified atom stereocenters. The van der Waals surface area contributed by atoms with Gasteiger partial charge in [0.2, 0.25) is 0 Å². The van der Waals surface area contributed by atoms with Crippen molar-refractivity contribution in [3.8, 4) is 0 Å². The first-order valence-corrected chi connectivity index (χ1v) is 5.01. The number of aliphatic imine (C=N–C) groups is 2. The van der Waals surface area contributed by atoms with Gasteiger partial charge in [-0.15, -0.1) is 0 Å². The molecule has 0 saturated heterocycles. The molecule has 0 spiro atoms. The first-order valence-electron chi connectivity index (χ1n) is 4.25. The van der Waals surface area contributed by atoms with Crippen molar-refractivity contribution in [2.75, 3.05) is 0 Å². The first-order chi connectivity index (χ1) is 6.77. The van der Waals surface area contributed by atoms with Crippen molar-refractivity contribution in [3.63, 3.8) is 0 Å². The van der Waals surface area contributed by atoms with Crippen molar-refractivity contribution in [2.24, 2.45) is 9.98 Å². The van der Waals surface area contributed by atoms with Crippen LogP contribution in [0, 0.1) is 0 Å². The van der Waals surface area contributed by atoms with E-state index in [1.807, 2.05) is 12.4 Å². The summed E-state index contributed by atoms with van der Waals surface area (Å²) in [5.74, 6) is 0. The quantitative estimate of drug-likeness (QED) is 0.701. The molecule has 1 aromatic rings. The van der Waals surface area contributed by atoms with Crippen LogP contribution in [0.15, 0.2) is 28.2 Å². The van der Waals surface area contributed by atoms with Crippen LogP contribution in [0.1, 0.15) is 18.2 Å².